The highest BCUT2D eigenvalue weighted by atomic mass is 19.4. The second kappa shape index (κ2) is 5.42. The van der Waals surface area contributed by atoms with Crippen LogP contribution in [0.3, 0.4) is 0 Å². The molecule has 2 aromatic rings. The lowest BCUT2D eigenvalue weighted by Crippen LogP contribution is -2.14. The van der Waals surface area contributed by atoms with Gasteiger partial charge >= 0.3 is 6.18 Å². The highest BCUT2D eigenvalue weighted by molar-refractivity contribution is 5.98. The molecule has 1 unspecified atom stereocenters. The Balaban J connectivity index is 2.22. The number of nitrogens with zero attached hydrogens (tertiary/aromatic N) is 1. The molecule has 0 saturated heterocycles. The van der Waals surface area contributed by atoms with E-state index in [0.717, 1.165) is 24.3 Å². The maximum Gasteiger partial charge on any atom is 0.416 e. The Bertz CT molecular complexity index is 594. The summed E-state index contributed by atoms with van der Waals surface area (Å²) in [5.74, 6) is -0.662. The molecule has 1 atom stereocenters. The second-order valence-electron chi connectivity index (χ2n) is 4.10. The van der Waals surface area contributed by atoms with E-state index in [0.29, 0.717) is 0 Å². The fraction of sp³-hybridized carbons (Fsp3) is 0.143. The summed E-state index contributed by atoms with van der Waals surface area (Å²) in [5, 5.41) is 9.87. The van der Waals surface area contributed by atoms with Crippen molar-refractivity contribution >= 4 is 5.78 Å². The predicted octanol–water partition coefficient (Wildman–Crippen LogP) is 3.02. The van der Waals surface area contributed by atoms with Crippen LogP contribution in [0.2, 0.25) is 0 Å². The van der Waals surface area contributed by atoms with Crippen LogP contribution in [0.25, 0.3) is 0 Å². The van der Waals surface area contributed by atoms with Gasteiger partial charge in [-0.05, 0) is 29.8 Å². The number of alkyl halides is 3. The summed E-state index contributed by atoms with van der Waals surface area (Å²) in [6.45, 7) is 0. The minimum absolute atomic E-state index is 0.0555. The molecule has 1 N–H and O–H groups in total. The van der Waals surface area contributed by atoms with Crippen LogP contribution in [0, 0.1) is 0 Å². The first-order valence-corrected chi connectivity index (χ1v) is 5.70. The quantitative estimate of drug-likeness (QED) is 0.880. The third-order valence-corrected chi connectivity index (χ3v) is 2.72. The van der Waals surface area contributed by atoms with Gasteiger partial charge in [-0.2, -0.15) is 13.2 Å². The van der Waals surface area contributed by atoms with Crippen molar-refractivity contribution in [1.29, 1.82) is 0 Å². The largest absolute Gasteiger partial charge is 0.416 e. The Hall–Kier alpha value is -2.21. The van der Waals surface area contributed by atoms with Gasteiger partial charge in [-0.3, -0.25) is 9.78 Å². The number of ketones is 1. The molecule has 0 aliphatic carbocycles. The van der Waals surface area contributed by atoms with Crippen LogP contribution in [-0.2, 0) is 6.18 Å². The molecule has 0 saturated carbocycles. The van der Waals surface area contributed by atoms with Crippen LogP contribution in [0.15, 0.2) is 48.7 Å². The zero-order valence-corrected chi connectivity index (χ0v) is 10.1. The fourth-order valence-corrected chi connectivity index (χ4v) is 1.65. The highest BCUT2D eigenvalue weighted by Gasteiger charge is 2.30. The van der Waals surface area contributed by atoms with Crippen molar-refractivity contribution in [2.24, 2.45) is 0 Å². The molecule has 0 amide bonds. The number of benzene rings is 1. The molecular weight excluding hydrogens is 271 g/mol. The van der Waals surface area contributed by atoms with Gasteiger partial charge in [0.15, 0.2) is 0 Å². The molecule has 6 heteroatoms. The molecule has 2 rings (SSSR count). The number of aromatic nitrogens is 1. The molecule has 0 aliphatic heterocycles. The van der Waals surface area contributed by atoms with Crippen molar-refractivity contribution in [3.63, 3.8) is 0 Å². The lowest BCUT2D eigenvalue weighted by molar-refractivity contribution is -0.137. The van der Waals surface area contributed by atoms with Crippen molar-refractivity contribution in [1.82, 2.24) is 4.98 Å². The summed E-state index contributed by atoms with van der Waals surface area (Å²) in [6, 6.07) is 8.42. The number of rotatable bonds is 3. The number of pyridine rings is 1. The monoisotopic (exact) mass is 281 g/mol. The number of carbonyl (C=O) groups is 1. The SMILES string of the molecule is O=C(c1ccccn1)C(O)c1ccc(C(F)(F)F)cc1. The van der Waals surface area contributed by atoms with Crippen LogP contribution in [-0.4, -0.2) is 15.9 Å². The van der Waals surface area contributed by atoms with Gasteiger partial charge in [0.1, 0.15) is 11.8 Å². The van der Waals surface area contributed by atoms with Crippen molar-refractivity contribution in [2.45, 2.75) is 12.3 Å². The molecule has 0 spiro atoms. The number of carbonyl (C=O) groups excluding carboxylic acids is 1. The maximum atomic E-state index is 12.4. The lowest BCUT2D eigenvalue weighted by Gasteiger charge is -2.11. The van der Waals surface area contributed by atoms with E-state index in [1.54, 1.807) is 12.1 Å². The summed E-state index contributed by atoms with van der Waals surface area (Å²) >= 11 is 0. The molecule has 0 aliphatic rings. The standard InChI is InChI=1S/C14H10F3NO2/c15-14(16,17)10-6-4-9(5-7-10)12(19)13(20)11-3-1-2-8-18-11/h1-8,12,19H. The van der Waals surface area contributed by atoms with E-state index in [2.05, 4.69) is 4.98 Å². The van der Waals surface area contributed by atoms with E-state index >= 15 is 0 Å². The summed E-state index contributed by atoms with van der Waals surface area (Å²) in [5.41, 5.74) is -0.688. The molecule has 0 bridgehead atoms. The summed E-state index contributed by atoms with van der Waals surface area (Å²) in [4.78, 5) is 15.7. The van der Waals surface area contributed by atoms with Gasteiger partial charge in [0.2, 0.25) is 5.78 Å². The zero-order valence-electron chi connectivity index (χ0n) is 10.1. The Labute approximate surface area is 112 Å². The first kappa shape index (κ1) is 14.2. The molecule has 3 nitrogen and oxygen atoms in total. The average Bonchev–Trinajstić information content (AvgIpc) is 2.46. The second-order valence-corrected chi connectivity index (χ2v) is 4.10. The van der Waals surface area contributed by atoms with E-state index in [4.69, 9.17) is 0 Å². The van der Waals surface area contributed by atoms with Crippen LogP contribution in [0.5, 0.6) is 0 Å². The molecule has 1 aromatic heterocycles. The molecule has 1 heterocycles. The van der Waals surface area contributed by atoms with E-state index in [-0.39, 0.29) is 11.3 Å². The summed E-state index contributed by atoms with van der Waals surface area (Å²) < 4.78 is 37.2. The molecule has 0 radical (unpaired) electrons. The van der Waals surface area contributed by atoms with E-state index in [1.165, 1.54) is 12.3 Å². The van der Waals surface area contributed by atoms with Crippen molar-refractivity contribution in [2.75, 3.05) is 0 Å². The number of aliphatic hydroxyl groups is 1. The molecule has 0 fully saturated rings. The number of aliphatic hydroxyl groups excluding tert-OH is 1. The maximum absolute atomic E-state index is 12.4. The third kappa shape index (κ3) is 3.03. The Morgan fingerprint density at radius 1 is 1.10 bits per heavy atom. The normalized spacial score (nSPS) is 13.0. The van der Waals surface area contributed by atoms with Crippen LogP contribution in [0.1, 0.15) is 27.7 Å². The molecule has 1 aromatic carbocycles. The lowest BCUT2D eigenvalue weighted by atomic mass is 10.0. The Kier molecular flexibility index (Phi) is 3.85. The van der Waals surface area contributed by atoms with Gasteiger partial charge < -0.3 is 5.11 Å². The van der Waals surface area contributed by atoms with Crippen molar-refractivity contribution in [3.05, 3.63) is 65.5 Å². The number of halogens is 3. The van der Waals surface area contributed by atoms with Crippen LogP contribution in [0.4, 0.5) is 13.2 Å². The first-order chi connectivity index (χ1) is 9.39. The van der Waals surface area contributed by atoms with Gasteiger partial charge in [-0.1, -0.05) is 18.2 Å². The van der Waals surface area contributed by atoms with E-state index < -0.39 is 23.6 Å². The predicted molar refractivity (Wildman–Crippen MR) is 65.0 cm³/mol. The van der Waals surface area contributed by atoms with Gasteiger partial charge in [0.25, 0.3) is 0 Å². The Morgan fingerprint density at radius 2 is 1.75 bits per heavy atom. The Morgan fingerprint density at radius 3 is 2.25 bits per heavy atom. The van der Waals surface area contributed by atoms with Gasteiger partial charge in [0.05, 0.1) is 5.56 Å². The topological polar surface area (TPSA) is 50.2 Å². The average molecular weight is 281 g/mol. The molecule has 104 valence electrons. The fourth-order valence-electron chi connectivity index (χ4n) is 1.65. The number of Topliss-reactive ketones (excluding diaryl/α,β-unsaturated/α-hetero) is 1. The smallest absolute Gasteiger partial charge is 0.380 e. The zero-order chi connectivity index (χ0) is 14.8. The van der Waals surface area contributed by atoms with Gasteiger partial charge in [0, 0.05) is 6.20 Å². The van der Waals surface area contributed by atoms with Crippen molar-refractivity contribution < 1.29 is 23.1 Å². The summed E-state index contributed by atoms with van der Waals surface area (Å²) in [6.07, 6.45) is -4.59. The van der Waals surface area contributed by atoms with Gasteiger partial charge in [-0.25, -0.2) is 0 Å². The van der Waals surface area contributed by atoms with Crippen molar-refractivity contribution in [3.8, 4) is 0 Å². The minimum atomic E-state index is -4.45. The van der Waals surface area contributed by atoms with E-state index in [1.807, 2.05) is 0 Å². The summed E-state index contributed by atoms with van der Waals surface area (Å²) in [7, 11) is 0. The van der Waals surface area contributed by atoms with Crippen LogP contribution >= 0.6 is 0 Å². The molecule has 20 heavy (non-hydrogen) atoms. The number of hydrogen-bond donors (Lipinski definition) is 1. The van der Waals surface area contributed by atoms with Crippen LogP contribution < -0.4 is 0 Å². The van der Waals surface area contributed by atoms with E-state index in [9.17, 15) is 23.1 Å². The number of hydrogen-bond acceptors (Lipinski definition) is 3. The third-order valence-electron chi connectivity index (χ3n) is 2.72. The van der Waals surface area contributed by atoms with Gasteiger partial charge in [-0.15, -0.1) is 0 Å². The minimum Gasteiger partial charge on any atom is -0.380 e. The first-order valence-electron chi connectivity index (χ1n) is 5.70. The molecular formula is C14H10F3NO2. The highest BCUT2D eigenvalue weighted by Crippen LogP contribution is 2.30.